The van der Waals surface area contributed by atoms with Gasteiger partial charge in [-0.15, -0.1) is 0 Å². The van der Waals surface area contributed by atoms with Crippen LogP contribution in [0.3, 0.4) is 0 Å². The Kier molecular flexibility index (Phi) is 4.04. The van der Waals surface area contributed by atoms with E-state index in [1.807, 2.05) is 31.1 Å². The summed E-state index contributed by atoms with van der Waals surface area (Å²) in [4.78, 5) is 32.1. The molecule has 3 aromatic rings. The van der Waals surface area contributed by atoms with Gasteiger partial charge in [0.05, 0.1) is 34.6 Å². The highest BCUT2D eigenvalue weighted by Gasteiger charge is 2.31. The van der Waals surface area contributed by atoms with Crippen molar-refractivity contribution in [3.05, 3.63) is 62.9 Å². The molecule has 0 saturated heterocycles. The maximum atomic E-state index is 13.2. The molecule has 5 rings (SSSR count). The minimum Gasteiger partial charge on any atom is -0.508 e. The molecule has 4 heterocycles. The van der Waals surface area contributed by atoms with Crippen molar-refractivity contribution < 1.29 is 14.6 Å². The summed E-state index contributed by atoms with van der Waals surface area (Å²) in [5.74, 6) is -0.183. The Morgan fingerprint density at radius 2 is 2.07 bits per heavy atom. The van der Waals surface area contributed by atoms with Crippen LogP contribution in [-0.2, 0) is 29.2 Å². The summed E-state index contributed by atoms with van der Waals surface area (Å²) in [6.07, 6.45) is 1.68. The molecule has 0 radical (unpaired) electrons. The molecule has 7 nitrogen and oxygen atoms in total. The Morgan fingerprint density at radius 3 is 2.80 bits per heavy atom. The standard InChI is InChI=1S/C23H21N3O4/c1-4-13-14-8-19-21-12(9-26(19)22(28)17(14)11-30-23(13)29)7-15-16(10-25(2)3)20(27)6-5-18(15)24-21/h4-8,27H,9-11H2,1-3H3/b13-4+. The van der Waals surface area contributed by atoms with E-state index in [-0.39, 0.29) is 17.9 Å². The molecule has 7 heteroatoms. The minimum absolute atomic E-state index is 0.0166. The number of aromatic hydroxyl groups is 1. The average Bonchev–Trinajstić information content (AvgIpc) is 3.07. The number of cyclic esters (lactones) is 1. The van der Waals surface area contributed by atoms with Crippen LogP contribution in [-0.4, -0.2) is 39.6 Å². The van der Waals surface area contributed by atoms with Crippen LogP contribution in [0.15, 0.2) is 35.1 Å². The van der Waals surface area contributed by atoms with Gasteiger partial charge in [0, 0.05) is 28.6 Å². The van der Waals surface area contributed by atoms with Crippen molar-refractivity contribution in [1.82, 2.24) is 14.5 Å². The second kappa shape index (κ2) is 6.53. The van der Waals surface area contributed by atoms with Gasteiger partial charge in [-0.3, -0.25) is 4.79 Å². The second-order valence-electron chi connectivity index (χ2n) is 7.96. The number of carbonyl (C=O) groups excluding carboxylic acids is 1. The molecule has 0 amide bonds. The molecular formula is C23H21N3O4. The molecule has 0 aliphatic carbocycles. The van der Waals surface area contributed by atoms with E-state index in [9.17, 15) is 14.7 Å². The summed E-state index contributed by atoms with van der Waals surface area (Å²) in [5, 5.41) is 11.3. The molecule has 0 unspecified atom stereocenters. The number of allylic oxidation sites excluding steroid dienone is 1. The van der Waals surface area contributed by atoms with Crippen LogP contribution >= 0.6 is 0 Å². The van der Waals surface area contributed by atoms with Crippen molar-refractivity contribution in [2.75, 3.05) is 14.1 Å². The number of fused-ring (bicyclic) bond motifs is 5. The van der Waals surface area contributed by atoms with Gasteiger partial charge in [0.25, 0.3) is 5.56 Å². The van der Waals surface area contributed by atoms with Gasteiger partial charge >= 0.3 is 5.97 Å². The first-order chi connectivity index (χ1) is 14.4. The van der Waals surface area contributed by atoms with Crippen molar-refractivity contribution in [3.8, 4) is 17.1 Å². The largest absolute Gasteiger partial charge is 0.508 e. The summed E-state index contributed by atoms with van der Waals surface area (Å²) in [7, 11) is 3.89. The number of benzene rings is 1. The fourth-order valence-electron chi connectivity index (χ4n) is 4.35. The number of hydrogen-bond donors (Lipinski definition) is 1. The van der Waals surface area contributed by atoms with Gasteiger partial charge in [0.15, 0.2) is 0 Å². The highest BCUT2D eigenvalue weighted by atomic mass is 16.5. The van der Waals surface area contributed by atoms with E-state index in [2.05, 4.69) is 0 Å². The van der Waals surface area contributed by atoms with E-state index < -0.39 is 5.97 Å². The SMILES string of the molecule is C/C=C1/C(=O)OCc2c1cc1n(c2=O)Cc2cc3c(CN(C)C)c(O)ccc3nc2-1. The number of hydrogen-bond acceptors (Lipinski definition) is 6. The lowest BCUT2D eigenvalue weighted by molar-refractivity contribution is -0.138. The Bertz CT molecular complexity index is 1330. The van der Waals surface area contributed by atoms with Gasteiger partial charge in [-0.2, -0.15) is 0 Å². The lowest BCUT2D eigenvalue weighted by Crippen LogP contribution is -2.29. The predicted molar refractivity (Wildman–Crippen MR) is 113 cm³/mol. The summed E-state index contributed by atoms with van der Waals surface area (Å²) in [6, 6.07) is 7.33. The van der Waals surface area contributed by atoms with Crippen molar-refractivity contribution in [1.29, 1.82) is 0 Å². The summed E-state index contributed by atoms with van der Waals surface area (Å²) in [6.45, 7) is 2.72. The van der Waals surface area contributed by atoms with Crippen LogP contribution < -0.4 is 5.56 Å². The molecule has 0 spiro atoms. The van der Waals surface area contributed by atoms with E-state index in [0.29, 0.717) is 35.5 Å². The number of phenolic OH excluding ortho intramolecular Hbond substituents is 1. The second-order valence-corrected chi connectivity index (χ2v) is 7.96. The third kappa shape index (κ3) is 2.59. The smallest absolute Gasteiger partial charge is 0.338 e. The number of esters is 1. The first kappa shape index (κ1) is 18.6. The molecule has 0 fully saturated rings. The number of carbonyl (C=O) groups is 1. The van der Waals surface area contributed by atoms with Gasteiger partial charge in [-0.05, 0) is 45.3 Å². The Morgan fingerprint density at radius 1 is 1.27 bits per heavy atom. The number of nitrogens with zero attached hydrogens (tertiary/aromatic N) is 3. The molecule has 1 N–H and O–H groups in total. The Labute approximate surface area is 172 Å². The molecule has 30 heavy (non-hydrogen) atoms. The highest BCUT2D eigenvalue weighted by molar-refractivity contribution is 6.17. The quantitative estimate of drug-likeness (QED) is 0.409. The van der Waals surface area contributed by atoms with Crippen molar-refractivity contribution in [2.24, 2.45) is 0 Å². The first-order valence-electron chi connectivity index (χ1n) is 9.79. The maximum absolute atomic E-state index is 13.2. The van der Waals surface area contributed by atoms with Crippen LogP contribution in [0.4, 0.5) is 0 Å². The van der Waals surface area contributed by atoms with Crippen LogP contribution in [0.2, 0.25) is 0 Å². The van der Waals surface area contributed by atoms with E-state index in [1.165, 1.54) is 0 Å². The van der Waals surface area contributed by atoms with Crippen molar-refractivity contribution >= 4 is 22.4 Å². The zero-order valence-electron chi connectivity index (χ0n) is 17.0. The zero-order chi connectivity index (χ0) is 21.2. The number of aromatic nitrogens is 2. The van der Waals surface area contributed by atoms with Gasteiger partial charge in [0.2, 0.25) is 0 Å². The third-order valence-corrected chi connectivity index (χ3v) is 5.76. The zero-order valence-corrected chi connectivity index (χ0v) is 17.0. The van der Waals surface area contributed by atoms with Gasteiger partial charge < -0.3 is 19.3 Å². The van der Waals surface area contributed by atoms with Crippen LogP contribution in [0, 0.1) is 0 Å². The van der Waals surface area contributed by atoms with Gasteiger partial charge in [-0.25, -0.2) is 9.78 Å². The maximum Gasteiger partial charge on any atom is 0.338 e. The van der Waals surface area contributed by atoms with Crippen molar-refractivity contribution in [2.45, 2.75) is 26.6 Å². The first-order valence-corrected chi connectivity index (χ1v) is 9.79. The molecule has 0 saturated carbocycles. The topological polar surface area (TPSA) is 84.7 Å². The monoisotopic (exact) mass is 403 g/mol. The van der Waals surface area contributed by atoms with Crippen molar-refractivity contribution in [3.63, 3.8) is 0 Å². The van der Waals surface area contributed by atoms with Crippen LogP contribution in [0.5, 0.6) is 5.75 Å². The molecule has 2 aliphatic heterocycles. The fraction of sp³-hybridized carbons (Fsp3) is 0.261. The molecule has 152 valence electrons. The summed E-state index contributed by atoms with van der Waals surface area (Å²) in [5.41, 5.74) is 5.29. The van der Waals surface area contributed by atoms with E-state index in [0.717, 1.165) is 27.7 Å². The van der Waals surface area contributed by atoms with E-state index >= 15 is 0 Å². The minimum atomic E-state index is -0.414. The van der Waals surface area contributed by atoms with Crippen LogP contribution in [0.25, 0.3) is 27.9 Å². The molecular weight excluding hydrogens is 382 g/mol. The van der Waals surface area contributed by atoms with Gasteiger partial charge in [0.1, 0.15) is 12.4 Å². The summed E-state index contributed by atoms with van der Waals surface area (Å²) >= 11 is 0. The lowest BCUT2D eigenvalue weighted by Gasteiger charge is -2.19. The molecule has 2 aromatic heterocycles. The third-order valence-electron chi connectivity index (χ3n) is 5.76. The van der Waals surface area contributed by atoms with Crippen LogP contribution in [0.1, 0.15) is 29.2 Å². The molecule has 1 aromatic carbocycles. The Hall–Kier alpha value is -3.45. The van der Waals surface area contributed by atoms with E-state index in [1.54, 1.807) is 29.7 Å². The number of ether oxygens (including phenoxy) is 1. The normalized spacial score (nSPS) is 16.0. The predicted octanol–water partition coefficient (Wildman–Crippen LogP) is 2.65. The average molecular weight is 403 g/mol. The lowest BCUT2D eigenvalue weighted by atomic mass is 9.97. The number of rotatable bonds is 2. The Balaban J connectivity index is 1.75. The number of phenols is 1. The van der Waals surface area contributed by atoms with E-state index in [4.69, 9.17) is 9.72 Å². The number of pyridine rings is 2. The fourth-order valence-corrected chi connectivity index (χ4v) is 4.35. The highest BCUT2D eigenvalue weighted by Crippen LogP contribution is 2.37. The molecule has 2 aliphatic rings. The summed E-state index contributed by atoms with van der Waals surface area (Å²) < 4.78 is 6.87. The molecule has 0 atom stereocenters. The molecule has 0 bridgehead atoms. The van der Waals surface area contributed by atoms with Gasteiger partial charge in [-0.1, -0.05) is 6.08 Å².